The monoisotopic (exact) mass is 425 g/mol. The topological polar surface area (TPSA) is 102 Å². The lowest BCUT2D eigenvalue weighted by atomic mass is 10.2. The summed E-state index contributed by atoms with van der Waals surface area (Å²) in [4.78, 5) is 11.5. The number of imidazole rings is 1. The minimum Gasteiger partial charge on any atom is -0.609 e. The molecule has 0 saturated heterocycles. The molecule has 0 aliphatic carbocycles. The molecule has 0 amide bonds. The van der Waals surface area contributed by atoms with Gasteiger partial charge in [0.05, 0.1) is 25.3 Å². The number of hydrogen-bond acceptors (Lipinski definition) is 7. The van der Waals surface area contributed by atoms with E-state index in [9.17, 15) is 13.3 Å². The molecular formula is C18H17F2N3O5S. The first-order chi connectivity index (χ1) is 13.8. The van der Waals surface area contributed by atoms with Gasteiger partial charge in [-0.25, -0.2) is 0 Å². The maximum Gasteiger partial charge on any atom is 0.433 e. The van der Waals surface area contributed by atoms with Gasteiger partial charge in [-0.05, 0) is 6.92 Å². The smallest absolute Gasteiger partial charge is 0.433 e. The highest BCUT2D eigenvalue weighted by Crippen LogP contribution is 2.39. The first kappa shape index (κ1) is 19.5. The Morgan fingerprint density at radius 1 is 1.24 bits per heavy atom. The number of nitrogens with one attached hydrogen (secondary N) is 1. The van der Waals surface area contributed by atoms with Crippen molar-refractivity contribution >= 4 is 22.2 Å². The van der Waals surface area contributed by atoms with E-state index in [0.717, 1.165) is 5.56 Å². The second-order valence-corrected chi connectivity index (χ2v) is 7.70. The van der Waals surface area contributed by atoms with Crippen molar-refractivity contribution in [3.8, 4) is 23.0 Å². The van der Waals surface area contributed by atoms with Crippen LogP contribution in [0.3, 0.4) is 0 Å². The number of rotatable bonds is 5. The van der Waals surface area contributed by atoms with Gasteiger partial charge in [0.1, 0.15) is 5.69 Å². The van der Waals surface area contributed by atoms with Crippen LogP contribution in [0.1, 0.15) is 11.3 Å². The van der Waals surface area contributed by atoms with Gasteiger partial charge in [0.25, 0.3) is 0 Å². The van der Waals surface area contributed by atoms with E-state index in [1.807, 2.05) is 6.92 Å². The van der Waals surface area contributed by atoms with E-state index in [1.165, 1.54) is 26.4 Å². The van der Waals surface area contributed by atoms with Crippen LogP contribution in [0.2, 0.25) is 0 Å². The Labute approximate surface area is 167 Å². The minimum atomic E-state index is -3.41. The first-order valence-corrected chi connectivity index (χ1v) is 9.81. The van der Waals surface area contributed by atoms with Crippen LogP contribution in [-0.2, 0) is 16.9 Å². The fourth-order valence-electron chi connectivity index (χ4n) is 3.01. The van der Waals surface area contributed by atoms with Crippen molar-refractivity contribution in [2.45, 2.75) is 23.9 Å². The number of aromatic nitrogens is 3. The number of ether oxygens (including phenoxy) is 4. The molecule has 1 aromatic carbocycles. The van der Waals surface area contributed by atoms with Crippen molar-refractivity contribution in [3.63, 3.8) is 0 Å². The lowest BCUT2D eigenvalue weighted by Gasteiger charge is -2.25. The fraction of sp³-hybridized carbons (Fsp3) is 0.333. The van der Waals surface area contributed by atoms with Crippen molar-refractivity contribution in [3.05, 3.63) is 29.6 Å². The second kappa shape index (κ2) is 7.23. The lowest BCUT2D eigenvalue weighted by Crippen LogP contribution is -2.35. The van der Waals surface area contributed by atoms with Crippen LogP contribution in [-0.4, -0.2) is 46.4 Å². The van der Waals surface area contributed by atoms with Crippen molar-refractivity contribution in [2.75, 3.05) is 20.8 Å². The Morgan fingerprint density at radius 2 is 2.00 bits per heavy atom. The summed E-state index contributed by atoms with van der Waals surface area (Å²) in [7, 11) is 2.99. The molecule has 1 unspecified atom stereocenters. The van der Waals surface area contributed by atoms with Crippen molar-refractivity contribution in [1.82, 2.24) is 15.0 Å². The van der Waals surface area contributed by atoms with Crippen LogP contribution < -0.4 is 18.9 Å². The molecule has 154 valence electrons. The SMILES string of the molecule is COc1c(C)cnc(C[S+]([O-])c2nc3cc4c(cc3[nH]2)OCC(F)(F)O4)c1OC. The average molecular weight is 425 g/mol. The molecule has 3 heterocycles. The molecule has 0 spiro atoms. The van der Waals surface area contributed by atoms with Crippen LogP contribution in [0.4, 0.5) is 8.78 Å². The van der Waals surface area contributed by atoms with E-state index in [1.54, 1.807) is 6.20 Å². The molecule has 0 saturated carbocycles. The summed E-state index contributed by atoms with van der Waals surface area (Å²) in [5.41, 5.74) is 2.04. The number of benzene rings is 1. The van der Waals surface area contributed by atoms with E-state index in [0.29, 0.717) is 28.2 Å². The molecule has 1 aliphatic rings. The highest BCUT2D eigenvalue weighted by molar-refractivity contribution is 7.90. The number of aryl methyl sites for hydroxylation is 1. The summed E-state index contributed by atoms with van der Waals surface area (Å²) in [6, 6.07) is 2.81. The van der Waals surface area contributed by atoms with Crippen LogP contribution >= 0.6 is 0 Å². The van der Waals surface area contributed by atoms with Gasteiger partial charge in [0.2, 0.25) is 0 Å². The molecule has 1 aliphatic heterocycles. The summed E-state index contributed by atoms with van der Waals surface area (Å²) in [6.45, 7) is 0.947. The van der Waals surface area contributed by atoms with Gasteiger partial charge < -0.3 is 23.5 Å². The number of aromatic amines is 1. The fourth-order valence-corrected chi connectivity index (χ4v) is 4.02. The van der Waals surface area contributed by atoms with Gasteiger partial charge in [-0.1, -0.05) is 0 Å². The van der Waals surface area contributed by atoms with E-state index in [2.05, 4.69) is 19.7 Å². The van der Waals surface area contributed by atoms with Gasteiger partial charge in [0.15, 0.2) is 35.4 Å². The zero-order valence-electron chi connectivity index (χ0n) is 15.7. The molecule has 8 nitrogen and oxygen atoms in total. The molecule has 3 aromatic rings. The predicted octanol–water partition coefficient (Wildman–Crippen LogP) is 2.96. The van der Waals surface area contributed by atoms with Gasteiger partial charge >= 0.3 is 11.3 Å². The zero-order valence-corrected chi connectivity index (χ0v) is 16.6. The van der Waals surface area contributed by atoms with Crippen LogP contribution in [0.25, 0.3) is 11.0 Å². The number of pyridine rings is 1. The summed E-state index contributed by atoms with van der Waals surface area (Å²) in [5, 5.41) is 0.164. The van der Waals surface area contributed by atoms with E-state index in [4.69, 9.17) is 14.2 Å². The van der Waals surface area contributed by atoms with E-state index >= 15 is 0 Å². The summed E-state index contributed by atoms with van der Waals surface area (Å²) >= 11 is -1.61. The maximum absolute atomic E-state index is 13.4. The number of hydrogen-bond donors (Lipinski definition) is 1. The van der Waals surface area contributed by atoms with Gasteiger partial charge in [-0.15, -0.1) is 0 Å². The molecular weight excluding hydrogens is 408 g/mol. The second-order valence-electron chi connectivity index (χ2n) is 6.33. The van der Waals surface area contributed by atoms with Crippen molar-refractivity contribution in [1.29, 1.82) is 0 Å². The zero-order chi connectivity index (χ0) is 20.8. The number of methoxy groups -OCH3 is 2. The highest BCUT2D eigenvalue weighted by atomic mass is 32.2. The highest BCUT2D eigenvalue weighted by Gasteiger charge is 2.38. The molecule has 0 bridgehead atoms. The molecule has 4 rings (SSSR count). The Morgan fingerprint density at radius 3 is 2.72 bits per heavy atom. The number of nitrogens with zero attached hydrogens (tertiary/aromatic N) is 2. The normalized spacial score (nSPS) is 15.9. The minimum absolute atomic E-state index is 0.0183. The summed E-state index contributed by atoms with van der Waals surface area (Å²) < 4.78 is 60.0. The summed E-state index contributed by atoms with van der Waals surface area (Å²) in [6.07, 6.45) is -1.80. The molecule has 1 N–H and O–H groups in total. The van der Waals surface area contributed by atoms with Gasteiger partial charge in [-0.2, -0.15) is 13.8 Å². The van der Waals surface area contributed by atoms with E-state index < -0.39 is 23.9 Å². The average Bonchev–Trinajstić information content (AvgIpc) is 3.09. The third kappa shape index (κ3) is 3.62. The quantitative estimate of drug-likeness (QED) is 0.627. The molecule has 29 heavy (non-hydrogen) atoms. The van der Waals surface area contributed by atoms with Crippen LogP contribution in [0.15, 0.2) is 23.5 Å². The van der Waals surface area contributed by atoms with Crippen LogP contribution in [0, 0.1) is 6.92 Å². The Hall–Kier alpha value is -2.79. The molecule has 1 atom stereocenters. The molecule has 0 radical (unpaired) electrons. The largest absolute Gasteiger partial charge is 0.609 e. The predicted molar refractivity (Wildman–Crippen MR) is 99.4 cm³/mol. The van der Waals surface area contributed by atoms with Crippen molar-refractivity contribution in [2.24, 2.45) is 0 Å². The third-order valence-corrected chi connectivity index (χ3v) is 5.47. The Bertz CT molecular complexity index is 1080. The van der Waals surface area contributed by atoms with Crippen molar-refractivity contribution < 1.29 is 32.3 Å². The number of fused-ring (bicyclic) bond motifs is 2. The molecule has 11 heteroatoms. The lowest BCUT2D eigenvalue weighted by molar-refractivity contribution is -0.208. The number of alkyl halides is 2. The van der Waals surface area contributed by atoms with E-state index in [-0.39, 0.29) is 22.4 Å². The standard InChI is InChI=1S/C18H17F2N3O5S/c1-9-6-21-12(16(26-3)15(9)25-2)7-29(24)17-22-10-4-13-14(5-11(10)23-17)28-18(19,20)8-27-13/h4-6H,7-8H2,1-3H3,(H,22,23). The van der Waals surface area contributed by atoms with Gasteiger partial charge in [0, 0.05) is 35.1 Å². The Kier molecular flexibility index (Phi) is 4.87. The maximum atomic E-state index is 13.4. The third-order valence-electron chi connectivity index (χ3n) is 4.31. The van der Waals surface area contributed by atoms with Crippen LogP contribution in [0.5, 0.6) is 23.0 Å². The first-order valence-electron chi connectivity index (χ1n) is 8.49. The number of H-pyrrole nitrogens is 1. The number of halogens is 2. The molecule has 2 aromatic heterocycles. The Balaban J connectivity index is 1.64. The summed E-state index contributed by atoms with van der Waals surface area (Å²) in [5.74, 6) is 0.975. The molecule has 0 fully saturated rings. The van der Waals surface area contributed by atoms with Gasteiger partial charge in [-0.3, -0.25) is 9.97 Å².